The van der Waals surface area contributed by atoms with Gasteiger partial charge in [0.1, 0.15) is 5.75 Å². The average molecular weight is 342 g/mol. The monoisotopic (exact) mass is 341 g/mol. The summed E-state index contributed by atoms with van der Waals surface area (Å²) >= 11 is 3.62. The summed E-state index contributed by atoms with van der Waals surface area (Å²) in [6.45, 7) is 2.46. The molecule has 1 aliphatic carbocycles. The molecular weight excluding hydrogens is 318 g/mol. The van der Waals surface area contributed by atoms with E-state index in [4.69, 9.17) is 9.47 Å². The summed E-state index contributed by atoms with van der Waals surface area (Å²) in [5, 5.41) is 3.34. The van der Waals surface area contributed by atoms with Crippen LogP contribution in [-0.2, 0) is 11.3 Å². The number of rotatable bonds is 7. The van der Waals surface area contributed by atoms with Crippen LogP contribution < -0.4 is 10.1 Å². The molecule has 2 rings (SSSR count). The quantitative estimate of drug-likeness (QED) is 0.763. The first kappa shape index (κ1) is 15.8. The standard InChI is InChI=1S/C16H24BrNO2/c1-19-10-9-18-12-13-7-8-16(15(17)11-13)20-14-5-3-2-4-6-14/h7-8,11,14,18H,2-6,9-10,12H2,1H3. The Morgan fingerprint density at radius 2 is 2.05 bits per heavy atom. The SMILES string of the molecule is COCCNCc1ccc(OC2CCCCC2)c(Br)c1. The van der Waals surface area contributed by atoms with Crippen molar-refractivity contribution in [2.45, 2.75) is 44.8 Å². The van der Waals surface area contributed by atoms with E-state index >= 15 is 0 Å². The third-order valence-electron chi connectivity index (χ3n) is 3.65. The van der Waals surface area contributed by atoms with Gasteiger partial charge in [0.15, 0.2) is 0 Å². The smallest absolute Gasteiger partial charge is 0.133 e. The van der Waals surface area contributed by atoms with Crippen molar-refractivity contribution < 1.29 is 9.47 Å². The molecule has 0 aromatic heterocycles. The molecule has 0 amide bonds. The fraction of sp³-hybridized carbons (Fsp3) is 0.625. The Kier molecular flexibility index (Phi) is 6.83. The van der Waals surface area contributed by atoms with Gasteiger partial charge in [-0.2, -0.15) is 0 Å². The lowest BCUT2D eigenvalue weighted by atomic mass is 9.98. The van der Waals surface area contributed by atoms with E-state index in [-0.39, 0.29) is 0 Å². The van der Waals surface area contributed by atoms with Gasteiger partial charge in [-0.05, 0) is 59.3 Å². The lowest BCUT2D eigenvalue weighted by molar-refractivity contribution is 0.154. The average Bonchev–Trinajstić information content (AvgIpc) is 2.47. The van der Waals surface area contributed by atoms with Gasteiger partial charge in [0, 0.05) is 20.2 Å². The van der Waals surface area contributed by atoms with E-state index < -0.39 is 0 Å². The molecule has 4 heteroatoms. The Labute approximate surface area is 130 Å². The highest BCUT2D eigenvalue weighted by molar-refractivity contribution is 9.10. The van der Waals surface area contributed by atoms with Crippen LogP contribution in [0.5, 0.6) is 5.75 Å². The Morgan fingerprint density at radius 3 is 2.75 bits per heavy atom. The van der Waals surface area contributed by atoms with Crippen LogP contribution in [0.4, 0.5) is 0 Å². The summed E-state index contributed by atoms with van der Waals surface area (Å²) in [5.41, 5.74) is 1.25. The second kappa shape index (κ2) is 8.65. The number of ether oxygens (including phenoxy) is 2. The molecule has 112 valence electrons. The Hall–Kier alpha value is -0.580. The predicted octanol–water partition coefficient (Wildman–Crippen LogP) is 3.90. The fourth-order valence-electron chi connectivity index (χ4n) is 2.52. The van der Waals surface area contributed by atoms with Crippen LogP contribution in [0.1, 0.15) is 37.7 Å². The van der Waals surface area contributed by atoms with Gasteiger partial charge in [-0.25, -0.2) is 0 Å². The van der Waals surface area contributed by atoms with Gasteiger partial charge < -0.3 is 14.8 Å². The normalized spacial score (nSPS) is 16.3. The molecule has 0 heterocycles. The highest BCUT2D eigenvalue weighted by atomic mass is 79.9. The summed E-state index contributed by atoms with van der Waals surface area (Å²) in [4.78, 5) is 0. The van der Waals surface area contributed by atoms with E-state index in [0.717, 1.165) is 29.9 Å². The number of benzene rings is 1. The van der Waals surface area contributed by atoms with Gasteiger partial charge in [-0.3, -0.25) is 0 Å². The minimum Gasteiger partial charge on any atom is -0.489 e. The Bertz CT molecular complexity index is 405. The highest BCUT2D eigenvalue weighted by Gasteiger charge is 2.16. The highest BCUT2D eigenvalue weighted by Crippen LogP contribution is 2.30. The number of halogens is 1. The molecule has 1 aromatic rings. The maximum absolute atomic E-state index is 6.10. The molecule has 0 spiro atoms. The van der Waals surface area contributed by atoms with E-state index in [9.17, 15) is 0 Å². The second-order valence-electron chi connectivity index (χ2n) is 5.31. The first-order valence-corrected chi connectivity index (χ1v) is 8.23. The first-order chi connectivity index (χ1) is 9.79. The topological polar surface area (TPSA) is 30.5 Å². The Balaban J connectivity index is 1.85. The number of hydrogen-bond donors (Lipinski definition) is 1. The summed E-state index contributed by atoms with van der Waals surface area (Å²) in [7, 11) is 1.72. The zero-order valence-electron chi connectivity index (χ0n) is 12.2. The molecule has 1 aliphatic rings. The van der Waals surface area contributed by atoms with E-state index in [1.54, 1.807) is 7.11 Å². The van der Waals surface area contributed by atoms with Crippen LogP contribution in [0.3, 0.4) is 0 Å². The van der Waals surface area contributed by atoms with Crippen LogP contribution in [0.2, 0.25) is 0 Å². The van der Waals surface area contributed by atoms with E-state index in [2.05, 4.69) is 39.4 Å². The van der Waals surface area contributed by atoms with Gasteiger partial charge in [0.25, 0.3) is 0 Å². The molecule has 0 radical (unpaired) electrons. The molecular formula is C16H24BrNO2. The van der Waals surface area contributed by atoms with Crippen LogP contribution in [0, 0.1) is 0 Å². The van der Waals surface area contributed by atoms with Gasteiger partial charge >= 0.3 is 0 Å². The molecule has 0 unspecified atom stereocenters. The molecule has 1 fully saturated rings. The maximum atomic E-state index is 6.10. The van der Waals surface area contributed by atoms with Crippen molar-refractivity contribution in [3.05, 3.63) is 28.2 Å². The van der Waals surface area contributed by atoms with Crippen LogP contribution in [0.25, 0.3) is 0 Å². The van der Waals surface area contributed by atoms with Crippen molar-refractivity contribution in [1.29, 1.82) is 0 Å². The molecule has 0 saturated heterocycles. The molecule has 1 saturated carbocycles. The number of nitrogens with one attached hydrogen (secondary N) is 1. The van der Waals surface area contributed by atoms with Crippen molar-refractivity contribution in [2.75, 3.05) is 20.3 Å². The zero-order valence-corrected chi connectivity index (χ0v) is 13.7. The van der Waals surface area contributed by atoms with E-state index in [0.29, 0.717) is 6.10 Å². The predicted molar refractivity (Wildman–Crippen MR) is 85.2 cm³/mol. The van der Waals surface area contributed by atoms with Crippen LogP contribution in [-0.4, -0.2) is 26.4 Å². The summed E-state index contributed by atoms with van der Waals surface area (Å²) in [5.74, 6) is 0.970. The molecule has 0 atom stereocenters. The third kappa shape index (κ3) is 5.08. The van der Waals surface area contributed by atoms with E-state index in [1.807, 2.05) is 0 Å². The maximum Gasteiger partial charge on any atom is 0.133 e. The van der Waals surface area contributed by atoms with Crippen molar-refractivity contribution in [3.63, 3.8) is 0 Å². The molecule has 3 nitrogen and oxygen atoms in total. The van der Waals surface area contributed by atoms with Crippen molar-refractivity contribution in [3.8, 4) is 5.75 Å². The lowest BCUT2D eigenvalue weighted by Gasteiger charge is -2.23. The van der Waals surface area contributed by atoms with Crippen LogP contribution >= 0.6 is 15.9 Å². The molecule has 20 heavy (non-hydrogen) atoms. The first-order valence-electron chi connectivity index (χ1n) is 7.44. The van der Waals surface area contributed by atoms with Crippen LogP contribution in [0.15, 0.2) is 22.7 Å². The minimum atomic E-state index is 0.394. The Morgan fingerprint density at radius 1 is 1.25 bits per heavy atom. The third-order valence-corrected chi connectivity index (χ3v) is 4.27. The lowest BCUT2D eigenvalue weighted by Crippen LogP contribution is -2.20. The van der Waals surface area contributed by atoms with Gasteiger partial charge in [-0.15, -0.1) is 0 Å². The zero-order chi connectivity index (χ0) is 14.2. The molecule has 0 aliphatic heterocycles. The molecule has 0 bridgehead atoms. The van der Waals surface area contributed by atoms with Crippen molar-refractivity contribution in [1.82, 2.24) is 5.32 Å². The summed E-state index contributed by atoms with van der Waals surface area (Å²) in [6, 6.07) is 6.34. The largest absolute Gasteiger partial charge is 0.489 e. The number of hydrogen-bond acceptors (Lipinski definition) is 3. The summed E-state index contributed by atoms with van der Waals surface area (Å²) < 4.78 is 12.2. The summed E-state index contributed by atoms with van der Waals surface area (Å²) in [6.07, 6.45) is 6.71. The molecule has 1 aromatic carbocycles. The van der Waals surface area contributed by atoms with Crippen molar-refractivity contribution in [2.24, 2.45) is 0 Å². The minimum absolute atomic E-state index is 0.394. The van der Waals surface area contributed by atoms with E-state index in [1.165, 1.54) is 37.7 Å². The van der Waals surface area contributed by atoms with Gasteiger partial charge in [0.05, 0.1) is 17.2 Å². The van der Waals surface area contributed by atoms with Crippen molar-refractivity contribution >= 4 is 15.9 Å². The molecule has 1 N–H and O–H groups in total. The fourth-order valence-corrected chi connectivity index (χ4v) is 3.04. The van der Waals surface area contributed by atoms with Gasteiger partial charge in [0.2, 0.25) is 0 Å². The second-order valence-corrected chi connectivity index (χ2v) is 6.17. The van der Waals surface area contributed by atoms with Gasteiger partial charge in [-0.1, -0.05) is 12.5 Å². The number of methoxy groups -OCH3 is 1.